The summed E-state index contributed by atoms with van der Waals surface area (Å²) in [5.74, 6) is 0.335. The number of rotatable bonds is 6. The van der Waals surface area contributed by atoms with Gasteiger partial charge in [0, 0.05) is 18.8 Å². The van der Waals surface area contributed by atoms with Crippen LogP contribution >= 0.6 is 11.6 Å². The summed E-state index contributed by atoms with van der Waals surface area (Å²) >= 11 is 6.16. The first kappa shape index (κ1) is 20.4. The van der Waals surface area contributed by atoms with Crippen LogP contribution in [-0.2, 0) is 14.8 Å². The fraction of sp³-hybridized carbons (Fsp3) is 0.316. The lowest BCUT2D eigenvalue weighted by Crippen LogP contribution is -2.40. The van der Waals surface area contributed by atoms with Crippen molar-refractivity contribution in [3.05, 3.63) is 53.1 Å². The van der Waals surface area contributed by atoms with E-state index in [0.29, 0.717) is 44.3 Å². The van der Waals surface area contributed by atoms with E-state index in [1.807, 2.05) is 6.92 Å². The van der Waals surface area contributed by atoms with Gasteiger partial charge in [0.15, 0.2) is 0 Å². The molecule has 0 spiro atoms. The third kappa shape index (κ3) is 4.76. The average Bonchev–Trinajstić information content (AvgIpc) is 2.70. The highest BCUT2D eigenvalue weighted by Crippen LogP contribution is 2.25. The maximum Gasteiger partial charge on any atom is 0.261 e. The maximum atomic E-state index is 12.7. The Morgan fingerprint density at radius 2 is 1.86 bits per heavy atom. The van der Waals surface area contributed by atoms with Crippen LogP contribution in [0.4, 0.5) is 5.69 Å². The highest BCUT2D eigenvalue weighted by atomic mass is 35.5. The van der Waals surface area contributed by atoms with Crippen LogP contribution in [-0.4, -0.2) is 52.1 Å². The molecule has 1 N–H and O–H groups in total. The van der Waals surface area contributed by atoms with E-state index in [2.05, 4.69) is 4.72 Å². The Balaban J connectivity index is 1.82. The molecule has 1 aliphatic heterocycles. The van der Waals surface area contributed by atoms with Crippen molar-refractivity contribution in [2.75, 3.05) is 37.6 Å². The van der Waals surface area contributed by atoms with Gasteiger partial charge >= 0.3 is 0 Å². The molecule has 1 saturated heterocycles. The summed E-state index contributed by atoms with van der Waals surface area (Å²) in [5.41, 5.74) is 0.539. The fourth-order valence-corrected chi connectivity index (χ4v) is 4.05. The van der Waals surface area contributed by atoms with Crippen LogP contribution in [0, 0.1) is 0 Å². The van der Waals surface area contributed by atoms with E-state index >= 15 is 0 Å². The molecule has 3 rings (SSSR count). The number of sulfonamides is 1. The zero-order valence-electron chi connectivity index (χ0n) is 15.4. The van der Waals surface area contributed by atoms with Gasteiger partial charge < -0.3 is 14.4 Å². The standard InChI is InChI=1S/C19H21ClN2O5S/c1-2-27-15-5-3-14(4-6-15)21-28(24,25)16-7-8-18(20)17(13-16)19(23)22-9-11-26-12-10-22/h3-8,13,21H,2,9-12H2,1H3. The number of hydrogen-bond acceptors (Lipinski definition) is 5. The second kappa shape index (κ2) is 8.81. The van der Waals surface area contributed by atoms with Crippen LogP contribution in [0.2, 0.25) is 5.02 Å². The molecule has 28 heavy (non-hydrogen) atoms. The zero-order chi connectivity index (χ0) is 20.1. The van der Waals surface area contributed by atoms with Crippen molar-refractivity contribution in [2.45, 2.75) is 11.8 Å². The number of benzene rings is 2. The number of nitrogens with zero attached hydrogens (tertiary/aromatic N) is 1. The molecule has 0 saturated carbocycles. The average molecular weight is 425 g/mol. The number of anilines is 1. The number of ether oxygens (including phenoxy) is 2. The number of morpholine rings is 1. The van der Waals surface area contributed by atoms with E-state index in [4.69, 9.17) is 21.1 Å². The second-order valence-electron chi connectivity index (χ2n) is 6.11. The van der Waals surface area contributed by atoms with Crippen molar-refractivity contribution in [3.8, 4) is 5.75 Å². The van der Waals surface area contributed by atoms with E-state index in [1.165, 1.54) is 18.2 Å². The van der Waals surface area contributed by atoms with Gasteiger partial charge in [-0.15, -0.1) is 0 Å². The van der Waals surface area contributed by atoms with E-state index in [-0.39, 0.29) is 21.4 Å². The largest absolute Gasteiger partial charge is 0.494 e. The molecule has 0 unspecified atom stereocenters. The predicted octanol–water partition coefficient (Wildman–Crippen LogP) is 3.01. The summed E-state index contributed by atoms with van der Waals surface area (Å²) in [6.07, 6.45) is 0. The molecule has 2 aromatic carbocycles. The molecule has 150 valence electrons. The third-order valence-electron chi connectivity index (χ3n) is 4.19. The molecule has 0 aromatic heterocycles. The summed E-state index contributed by atoms with van der Waals surface area (Å²) in [6.45, 7) is 4.16. The summed E-state index contributed by atoms with van der Waals surface area (Å²) in [7, 11) is -3.89. The van der Waals surface area contributed by atoms with E-state index < -0.39 is 10.0 Å². The molecule has 2 aromatic rings. The molecule has 0 atom stereocenters. The molecule has 1 heterocycles. The normalized spacial score (nSPS) is 14.6. The Bertz CT molecular complexity index is 941. The van der Waals surface area contributed by atoms with Crippen LogP contribution in [0.25, 0.3) is 0 Å². The quantitative estimate of drug-likeness (QED) is 0.770. The lowest BCUT2D eigenvalue weighted by atomic mass is 10.2. The summed E-state index contributed by atoms with van der Waals surface area (Å²) in [4.78, 5) is 14.3. The highest BCUT2D eigenvalue weighted by molar-refractivity contribution is 7.92. The number of hydrogen-bond donors (Lipinski definition) is 1. The Labute approximate surface area is 169 Å². The molecule has 1 fully saturated rings. The minimum atomic E-state index is -3.89. The van der Waals surface area contributed by atoms with E-state index in [9.17, 15) is 13.2 Å². The minimum absolute atomic E-state index is 0.0394. The second-order valence-corrected chi connectivity index (χ2v) is 8.20. The molecule has 1 aliphatic rings. The SMILES string of the molecule is CCOc1ccc(NS(=O)(=O)c2ccc(Cl)c(C(=O)N3CCOCC3)c2)cc1. The van der Waals surface area contributed by atoms with Gasteiger partial charge in [-0.3, -0.25) is 9.52 Å². The monoisotopic (exact) mass is 424 g/mol. The topological polar surface area (TPSA) is 84.9 Å². The van der Waals surface area contributed by atoms with Gasteiger partial charge in [-0.1, -0.05) is 11.6 Å². The van der Waals surface area contributed by atoms with Gasteiger partial charge in [0.05, 0.1) is 35.3 Å². The van der Waals surface area contributed by atoms with Gasteiger partial charge in [0.25, 0.3) is 15.9 Å². The van der Waals surface area contributed by atoms with Gasteiger partial charge in [0.1, 0.15) is 5.75 Å². The van der Waals surface area contributed by atoms with Crippen molar-refractivity contribution < 1.29 is 22.7 Å². The van der Waals surface area contributed by atoms with Gasteiger partial charge in [0.2, 0.25) is 0 Å². The Hall–Kier alpha value is -2.29. The number of halogens is 1. The van der Waals surface area contributed by atoms with Crippen LogP contribution in [0.3, 0.4) is 0 Å². The molecule has 0 radical (unpaired) electrons. The highest BCUT2D eigenvalue weighted by Gasteiger charge is 2.23. The Morgan fingerprint density at radius 3 is 2.50 bits per heavy atom. The van der Waals surface area contributed by atoms with Crippen molar-refractivity contribution in [2.24, 2.45) is 0 Å². The van der Waals surface area contributed by atoms with Crippen molar-refractivity contribution in [1.82, 2.24) is 4.90 Å². The molecule has 0 bridgehead atoms. The third-order valence-corrected chi connectivity index (χ3v) is 5.90. The van der Waals surface area contributed by atoms with Crippen LogP contribution in [0.15, 0.2) is 47.4 Å². The minimum Gasteiger partial charge on any atom is -0.494 e. The van der Waals surface area contributed by atoms with Gasteiger partial charge in [-0.2, -0.15) is 0 Å². The maximum absolute atomic E-state index is 12.7. The first-order chi connectivity index (χ1) is 13.4. The molecule has 0 aliphatic carbocycles. The Morgan fingerprint density at radius 1 is 1.18 bits per heavy atom. The lowest BCUT2D eigenvalue weighted by molar-refractivity contribution is 0.0303. The molecule has 7 nitrogen and oxygen atoms in total. The van der Waals surface area contributed by atoms with Crippen LogP contribution < -0.4 is 9.46 Å². The number of nitrogens with one attached hydrogen (secondary N) is 1. The van der Waals surface area contributed by atoms with Crippen LogP contribution in [0.5, 0.6) is 5.75 Å². The van der Waals surface area contributed by atoms with E-state index in [0.717, 1.165) is 0 Å². The fourth-order valence-electron chi connectivity index (χ4n) is 2.77. The van der Waals surface area contributed by atoms with Crippen molar-refractivity contribution in [1.29, 1.82) is 0 Å². The molecule has 1 amide bonds. The zero-order valence-corrected chi connectivity index (χ0v) is 16.9. The van der Waals surface area contributed by atoms with Crippen LogP contribution in [0.1, 0.15) is 17.3 Å². The summed E-state index contributed by atoms with van der Waals surface area (Å²) in [5, 5.41) is 0.205. The number of amides is 1. The first-order valence-corrected chi connectivity index (χ1v) is 10.7. The van der Waals surface area contributed by atoms with Gasteiger partial charge in [-0.05, 0) is 49.4 Å². The van der Waals surface area contributed by atoms with E-state index in [1.54, 1.807) is 29.2 Å². The summed E-state index contributed by atoms with van der Waals surface area (Å²) < 4.78 is 38.6. The lowest BCUT2D eigenvalue weighted by Gasteiger charge is -2.27. The Kier molecular flexibility index (Phi) is 6.43. The van der Waals surface area contributed by atoms with Gasteiger partial charge in [-0.25, -0.2) is 8.42 Å². The molecular weight excluding hydrogens is 404 g/mol. The number of carbonyl (C=O) groups excluding carboxylic acids is 1. The van der Waals surface area contributed by atoms with Crippen molar-refractivity contribution in [3.63, 3.8) is 0 Å². The molecular formula is C19H21ClN2O5S. The summed E-state index contributed by atoms with van der Waals surface area (Å²) in [6, 6.07) is 10.7. The smallest absolute Gasteiger partial charge is 0.261 e. The predicted molar refractivity (Wildman–Crippen MR) is 107 cm³/mol. The number of carbonyl (C=O) groups is 1. The molecule has 9 heteroatoms. The first-order valence-electron chi connectivity index (χ1n) is 8.83. The van der Waals surface area contributed by atoms with Crippen molar-refractivity contribution >= 4 is 33.2 Å².